The smallest absolute Gasteiger partial charge is 0.491 e. The maximum atomic E-state index is 11.5. The molecule has 4 nitrogen and oxygen atoms in total. The van der Waals surface area contributed by atoms with Gasteiger partial charge in [0.2, 0.25) is 0 Å². The van der Waals surface area contributed by atoms with Crippen molar-refractivity contribution in [1.82, 2.24) is 0 Å². The number of benzene rings is 1. The Hall–Kier alpha value is -1.24. The van der Waals surface area contributed by atoms with Crippen LogP contribution in [0.5, 0.6) is 5.75 Å². The monoisotopic (exact) mass is 362 g/mol. The number of ether oxygens (including phenoxy) is 1. The molecule has 0 amide bonds. The average Bonchev–Trinajstić information content (AvgIpc) is 2.72. The summed E-state index contributed by atoms with van der Waals surface area (Å²) >= 11 is 1.27. The summed E-state index contributed by atoms with van der Waals surface area (Å²) in [4.78, 5) is 11.5. The van der Waals surface area contributed by atoms with Gasteiger partial charge in [0.25, 0.3) is 0 Å². The van der Waals surface area contributed by atoms with Gasteiger partial charge in [-0.2, -0.15) is 0 Å². The zero-order chi connectivity index (χ0) is 18.8. The number of carbonyl (C=O) groups is 1. The Morgan fingerprint density at radius 1 is 1.24 bits per heavy atom. The van der Waals surface area contributed by atoms with Gasteiger partial charge >= 0.3 is 7.12 Å². The number of hydrogen-bond donors (Lipinski definition) is 0. The van der Waals surface area contributed by atoms with Crippen LogP contribution in [0.3, 0.4) is 0 Å². The molecule has 0 N–H and O–H groups in total. The molecule has 0 radical (unpaired) electrons. The van der Waals surface area contributed by atoms with Crippen molar-refractivity contribution in [3.8, 4) is 5.75 Å². The number of rotatable bonds is 5. The topological polar surface area (TPSA) is 44.8 Å². The first-order valence-corrected chi connectivity index (χ1v) is 9.38. The van der Waals surface area contributed by atoms with E-state index in [0.717, 1.165) is 22.3 Å². The van der Waals surface area contributed by atoms with Crippen molar-refractivity contribution in [3.05, 3.63) is 34.8 Å². The molecule has 1 aromatic carbocycles. The molecular weight excluding hydrogens is 335 g/mol. The number of hydrogen-bond acceptors (Lipinski definition) is 5. The quantitative estimate of drug-likeness (QED) is 0.731. The van der Waals surface area contributed by atoms with E-state index >= 15 is 0 Å². The van der Waals surface area contributed by atoms with E-state index in [4.69, 9.17) is 14.0 Å². The Labute approximate surface area is 155 Å². The summed E-state index contributed by atoms with van der Waals surface area (Å²) in [6, 6.07) is 5.93. The molecule has 0 atom stereocenters. The number of carbonyl (C=O) groups excluding carboxylic acids is 1. The Kier molecular flexibility index (Phi) is 6.07. The Bertz CT molecular complexity index is 666. The maximum Gasteiger partial charge on any atom is 0.491 e. The second-order valence-corrected chi connectivity index (χ2v) is 8.46. The van der Waals surface area contributed by atoms with E-state index in [-0.39, 0.29) is 5.12 Å². The standard InChI is InChI=1S/C19H27BO4S/c1-13-10-17(22-7)9-8-15(13)11-16(12-25-14(2)21)20-23-18(3,4)19(5,6)24-20/h8-11H,12H2,1-7H3. The summed E-state index contributed by atoms with van der Waals surface area (Å²) < 4.78 is 17.6. The molecule has 0 aromatic heterocycles. The minimum Gasteiger partial charge on any atom is -0.497 e. The summed E-state index contributed by atoms with van der Waals surface area (Å²) in [6.45, 7) is 11.7. The minimum absolute atomic E-state index is 0.0777. The summed E-state index contributed by atoms with van der Waals surface area (Å²) in [5, 5.41) is 0.0777. The predicted molar refractivity (Wildman–Crippen MR) is 105 cm³/mol. The summed E-state index contributed by atoms with van der Waals surface area (Å²) in [5.41, 5.74) is 2.29. The van der Waals surface area contributed by atoms with Gasteiger partial charge in [-0.05, 0) is 63.4 Å². The first-order chi connectivity index (χ1) is 11.6. The fourth-order valence-electron chi connectivity index (χ4n) is 2.49. The molecule has 1 aliphatic rings. The molecule has 6 heteroatoms. The van der Waals surface area contributed by atoms with E-state index in [1.165, 1.54) is 11.8 Å². The lowest BCUT2D eigenvalue weighted by Crippen LogP contribution is -2.41. The van der Waals surface area contributed by atoms with Gasteiger partial charge < -0.3 is 14.0 Å². The van der Waals surface area contributed by atoms with E-state index < -0.39 is 18.3 Å². The normalized spacial score (nSPS) is 19.2. The van der Waals surface area contributed by atoms with E-state index in [1.807, 2.05) is 52.8 Å². The first kappa shape index (κ1) is 20.1. The van der Waals surface area contributed by atoms with Crippen molar-refractivity contribution in [2.45, 2.75) is 52.7 Å². The van der Waals surface area contributed by atoms with E-state index in [1.54, 1.807) is 14.0 Å². The fourth-order valence-corrected chi connectivity index (χ4v) is 3.08. The third-order valence-electron chi connectivity index (χ3n) is 4.82. The molecule has 1 saturated heterocycles. The minimum atomic E-state index is -0.460. The van der Waals surface area contributed by atoms with Gasteiger partial charge in [-0.25, -0.2) is 0 Å². The molecule has 1 aliphatic heterocycles. The van der Waals surface area contributed by atoms with Crippen LogP contribution >= 0.6 is 11.8 Å². The molecule has 0 unspecified atom stereocenters. The van der Waals surface area contributed by atoms with Crippen molar-refractivity contribution < 1.29 is 18.8 Å². The van der Waals surface area contributed by atoms with Gasteiger partial charge in [0.15, 0.2) is 5.12 Å². The first-order valence-electron chi connectivity index (χ1n) is 8.40. The molecule has 0 saturated carbocycles. The second kappa shape index (κ2) is 7.56. The highest BCUT2D eigenvalue weighted by atomic mass is 32.2. The predicted octanol–water partition coefficient (Wildman–Crippen LogP) is 4.30. The van der Waals surface area contributed by atoms with Crippen LogP contribution in [-0.4, -0.2) is 36.3 Å². The lowest BCUT2D eigenvalue weighted by atomic mass is 9.78. The number of aryl methyl sites for hydroxylation is 1. The fraction of sp³-hybridized carbons (Fsp3) is 0.526. The molecule has 1 aromatic rings. The van der Waals surface area contributed by atoms with Gasteiger partial charge in [-0.15, -0.1) is 0 Å². The van der Waals surface area contributed by atoms with Gasteiger partial charge in [0, 0.05) is 12.7 Å². The van der Waals surface area contributed by atoms with Gasteiger partial charge in [0.05, 0.1) is 18.3 Å². The van der Waals surface area contributed by atoms with Crippen LogP contribution in [0.15, 0.2) is 23.7 Å². The zero-order valence-electron chi connectivity index (χ0n) is 16.1. The third-order valence-corrected chi connectivity index (χ3v) is 5.70. The Morgan fingerprint density at radius 2 is 1.84 bits per heavy atom. The zero-order valence-corrected chi connectivity index (χ0v) is 17.0. The third kappa shape index (κ3) is 4.69. The van der Waals surface area contributed by atoms with Crippen molar-refractivity contribution in [2.24, 2.45) is 0 Å². The number of methoxy groups -OCH3 is 1. The SMILES string of the molecule is COc1ccc(C=C(CSC(C)=O)B2OC(C)(C)C(C)(C)O2)c(C)c1. The van der Waals surface area contributed by atoms with Crippen LogP contribution in [0, 0.1) is 6.92 Å². The van der Waals surface area contributed by atoms with Crippen molar-refractivity contribution in [3.63, 3.8) is 0 Å². The molecule has 0 aliphatic carbocycles. The summed E-state index contributed by atoms with van der Waals surface area (Å²) in [7, 11) is 1.20. The second-order valence-electron chi connectivity index (χ2n) is 7.31. The highest BCUT2D eigenvalue weighted by molar-refractivity contribution is 8.13. The van der Waals surface area contributed by atoms with Crippen LogP contribution in [0.2, 0.25) is 0 Å². The van der Waals surface area contributed by atoms with E-state index in [0.29, 0.717) is 5.75 Å². The highest BCUT2D eigenvalue weighted by Crippen LogP contribution is 2.39. The molecule has 2 rings (SSSR count). The molecule has 25 heavy (non-hydrogen) atoms. The van der Waals surface area contributed by atoms with E-state index in [9.17, 15) is 4.79 Å². The van der Waals surface area contributed by atoms with Crippen molar-refractivity contribution in [1.29, 1.82) is 0 Å². The molecular formula is C19H27BO4S. The van der Waals surface area contributed by atoms with Crippen LogP contribution in [0.25, 0.3) is 6.08 Å². The van der Waals surface area contributed by atoms with Gasteiger partial charge in [-0.1, -0.05) is 23.9 Å². The van der Waals surface area contributed by atoms with Crippen LogP contribution in [0.4, 0.5) is 0 Å². The summed E-state index contributed by atoms with van der Waals surface area (Å²) in [5.74, 6) is 1.36. The van der Waals surface area contributed by atoms with Crippen LogP contribution in [0.1, 0.15) is 45.7 Å². The lowest BCUT2D eigenvalue weighted by Gasteiger charge is -2.32. The Morgan fingerprint density at radius 3 is 2.32 bits per heavy atom. The summed E-state index contributed by atoms with van der Waals surface area (Å²) in [6.07, 6.45) is 2.06. The van der Waals surface area contributed by atoms with Gasteiger partial charge in [-0.3, -0.25) is 4.79 Å². The van der Waals surface area contributed by atoms with Gasteiger partial charge in [0.1, 0.15) is 5.75 Å². The highest BCUT2D eigenvalue weighted by Gasteiger charge is 2.52. The van der Waals surface area contributed by atoms with Crippen molar-refractivity contribution in [2.75, 3.05) is 12.9 Å². The molecule has 0 spiro atoms. The van der Waals surface area contributed by atoms with Crippen LogP contribution < -0.4 is 4.74 Å². The molecule has 1 fully saturated rings. The maximum absolute atomic E-state index is 11.5. The lowest BCUT2D eigenvalue weighted by molar-refractivity contribution is -0.109. The average molecular weight is 362 g/mol. The molecule has 0 bridgehead atoms. The van der Waals surface area contributed by atoms with Crippen molar-refractivity contribution >= 4 is 30.1 Å². The van der Waals surface area contributed by atoms with Crippen LogP contribution in [-0.2, 0) is 14.1 Å². The van der Waals surface area contributed by atoms with E-state index in [2.05, 4.69) is 6.08 Å². The molecule has 1 heterocycles. The largest absolute Gasteiger partial charge is 0.497 e. The molecule has 136 valence electrons. The number of thioether (sulfide) groups is 1. The Balaban J connectivity index is 2.35.